The first kappa shape index (κ1) is 13.3. The molecule has 2 atom stereocenters. The molecule has 1 aliphatic heterocycles. The van der Waals surface area contributed by atoms with Crippen molar-refractivity contribution in [2.75, 3.05) is 26.7 Å². The third kappa shape index (κ3) is 3.67. The number of hydrogen-bond acceptors (Lipinski definition) is 3. The molecule has 0 spiro atoms. The molecule has 3 nitrogen and oxygen atoms in total. The van der Waals surface area contributed by atoms with E-state index in [2.05, 4.69) is 24.1 Å². The highest BCUT2D eigenvalue weighted by Gasteiger charge is 2.35. The fourth-order valence-corrected chi connectivity index (χ4v) is 2.88. The van der Waals surface area contributed by atoms with E-state index in [9.17, 15) is 0 Å². The summed E-state index contributed by atoms with van der Waals surface area (Å²) in [5.74, 6) is 0.892. The number of ether oxygens (including phenoxy) is 1. The molecule has 0 aromatic rings. The second-order valence-corrected chi connectivity index (χ2v) is 5.80. The van der Waals surface area contributed by atoms with E-state index in [0.717, 1.165) is 12.0 Å². The summed E-state index contributed by atoms with van der Waals surface area (Å²) >= 11 is 0. The zero-order valence-corrected chi connectivity index (χ0v) is 11.6. The van der Waals surface area contributed by atoms with Crippen LogP contribution in [-0.4, -0.2) is 49.8 Å². The van der Waals surface area contributed by atoms with Gasteiger partial charge in [0, 0.05) is 25.7 Å². The molecular formula is C14H28N2O. The van der Waals surface area contributed by atoms with E-state index in [0.29, 0.717) is 12.1 Å². The minimum atomic E-state index is 0.345. The Hall–Kier alpha value is -0.120. The van der Waals surface area contributed by atoms with Crippen LogP contribution in [0.5, 0.6) is 0 Å². The quantitative estimate of drug-likeness (QED) is 0.767. The predicted molar refractivity (Wildman–Crippen MR) is 71.3 cm³/mol. The van der Waals surface area contributed by atoms with Gasteiger partial charge in [0.25, 0.3) is 0 Å². The number of rotatable bonds is 6. The highest BCUT2D eigenvalue weighted by Crippen LogP contribution is 2.31. The summed E-state index contributed by atoms with van der Waals surface area (Å²) < 4.78 is 5.51. The van der Waals surface area contributed by atoms with Crippen molar-refractivity contribution < 1.29 is 4.74 Å². The van der Waals surface area contributed by atoms with Crippen LogP contribution in [0.25, 0.3) is 0 Å². The normalized spacial score (nSPS) is 26.1. The molecule has 1 heterocycles. The fourth-order valence-electron chi connectivity index (χ4n) is 2.88. The molecule has 0 aromatic heterocycles. The molecule has 1 saturated heterocycles. The third-order valence-electron chi connectivity index (χ3n) is 4.52. The molecule has 2 fully saturated rings. The molecule has 2 rings (SSSR count). The highest BCUT2D eigenvalue weighted by molar-refractivity contribution is 4.90. The van der Waals surface area contributed by atoms with E-state index < -0.39 is 0 Å². The number of nitrogens with one attached hydrogen (secondary N) is 1. The molecule has 0 aromatic carbocycles. The minimum absolute atomic E-state index is 0.345. The maximum atomic E-state index is 5.51. The predicted octanol–water partition coefficient (Wildman–Crippen LogP) is 1.87. The van der Waals surface area contributed by atoms with Crippen LogP contribution in [0.4, 0.5) is 0 Å². The summed E-state index contributed by atoms with van der Waals surface area (Å²) in [6, 6.07) is 1.40. The molecule has 1 N–H and O–H groups in total. The summed E-state index contributed by atoms with van der Waals surface area (Å²) in [6.07, 6.45) is 5.82. The van der Waals surface area contributed by atoms with Gasteiger partial charge in [-0.25, -0.2) is 0 Å². The van der Waals surface area contributed by atoms with Gasteiger partial charge in [0.05, 0.1) is 6.10 Å². The number of hydrogen-bond donors (Lipinski definition) is 1. The lowest BCUT2D eigenvalue weighted by atomic mass is 9.96. The Kier molecular flexibility index (Phi) is 4.83. The number of nitrogens with zero attached hydrogens (tertiary/aromatic N) is 1. The molecule has 0 bridgehead atoms. The molecule has 0 radical (unpaired) electrons. The van der Waals surface area contributed by atoms with Crippen LogP contribution in [0.1, 0.15) is 39.5 Å². The Labute approximate surface area is 106 Å². The maximum Gasteiger partial charge on any atom is 0.0695 e. The maximum absolute atomic E-state index is 5.51. The summed E-state index contributed by atoms with van der Waals surface area (Å²) in [6.45, 7) is 8.21. The first-order chi connectivity index (χ1) is 8.22. The first-order valence-electron chi connectivity index (χ1n) is 7.21. The second-order valence-electron chi connectivity index (χ2n) is 5.80. The average molecular weight is 240 g/mol. The van der Waals surface area contributed by atoms with Gasteiger partial charge < -0.3 is 10.1 Å². The van der Waals surface area contributed by atoms with Crippen molar-refractivity contribution in [3.8, 4) is 0 Å². The van der Waals surface area contributed by atoms with E-state index in [1.807, 2.05) is 7.11 Å². The first-order valence-corrected chi connectivity index (χ1v) is 7.21. The smallest absolute Gasteiger partial charge is 0.0695 e. The topological polar surface area (TPSA) is 24.5 Å². The number of methoxy groups -OCH3 is 1. The van der Waals surface area contributed by atoms with E-state index >= 15 is 0 Å². The standard InChI is InChI=1S/C14H28N2O/c1-11(12(2)17-3)16(14-4-5-14)10-13-6-8-15-9-7-13/h11-15H,4-10H2,1-3H3. The van der Waals surface area contributed by atoms with Gasteiger partial charge in [0.2, 0.25) is 0 Å². The van der Waals surface area contributed by atoms with Gasteiger partial charge in [-0.3, -0.25) is 4.90 Å². The van der Waals surface area contributed by atoms with E-state index in [1.54, 1.807) is 0 Å². The minimum Gasteiger partial charge on any atom is -0.380 e. The van der Waals surface area contributed by atoms with Crippen molar-refractivity contribution in [2.24, 2.45) is 5.92 Å². The van der Waals surface area contributed by atoms with Gasteiger partial charge in [-0.2, -0.15) is 0 Å². The zero-order chi connectivity index (χ0) is 12.3. The molecular weight excluding hydrogens is 212 g/mol. The lowest BCUT2D eigenvalue weighted by molar-refractivity contribution is 0.0206. The third-order valence-corrected chi connectivity index (χ3v) is 4.52. The summed E-state index contributed by atoms with van der Waals surface area (Å²) in [5.41, 5.74) is 0. The molecule has 1 saturated carbocycles. The Balaban J connectivity index is 1.87. The van der Waals surface area contributed by atoms with Crippen molar-refractivity contribution in [1.29, 1.82) is 0 Å². The van der Waals surface area contributed by atoms with Crippen LogP contribution in [0.15, 0.2) is 0 Å². The van der Waals surface area contributed by atoms with Crippen molar-refractivity contribution in [2.45, 2.75) is 57.7 Å². The fraction of sp³-hybridized carbons (Fsp3) is 1.00. The Morgan fingerprint density at radius 3 is 2.35 bits per heavy atom. The van der Waals surface area contributed by atoms with Gasteiger partial charge >= 0.3 is 0 Å². The van der Waals surface area contributed by atoms with Crippen LogP contribution in [-0.2, 0) is 4.74 Å². The zero-order valence-electron chi connectivity index (χ0n) is 11.6. The summed E-state index contributed by atoms with van der Waals surface area (Å²) in [7, 11) is 1.83. The van der Waals surface area contributed by atoms with Crippen LogP contribution < -0.4 is 5.32 Å². The lowest BCUT2D eigenvalue weighted by Gasteiger charge is -2.36. The van der Waals surface area contributed by atoms with Crippen molar-refractivity contribution in [3.05, 3.63) is 0 Å². The Morgan fingerprint density at radius 1 is 1.18 bits per heavy atom. The second kappa shape index (κ2) is 6.17. The van der Waals surface area contributed by atoms with Crippen molar-refractivity contribution in [3.63, 3.8) is 0 Å². The molecule has 17 heavy (non-hydrogen) atoms. The largest absolute Gasteiger partial charge is 0.380 e. The average Bonchev–Trinajstić information content (AvgIpc) is 3.19. The van der Waals surface area contributed by atoms with E-state index in [4.69, 9.17) is 4.74 Å². The van der Waals surface area contributed by atoms with Crippen LogP contribution in [0.3, 0.4) is 0 Å². The molecule has 2 unspecified atom stereocenters. The number of piperidine rings is 1. The van der Waals surface area contributed by atoms with Gasteiger partial charge in [-0.15, -0.1) is 0 Å². The van der Waals surface area contributed by atoms with E-state index in [-0.39, 0.29) is 0 Å². The molecule has 0 amide bonds. The monoisotopic (exact) mass is 240 g/mol. The van der Waals surface area contributed by atoms with E-state index in [1.165, 1.54) is 45.3 Å². The lowest BCUT2D eigenvalue weighted by Crippen LogP contribution is -2.46. The SMILES string of the molecule is COC(C)C(C)N(CC1CCNCC1)C1CC1. The molecule has 1 aliphatic carbocycles. The van der Waals surface area contributed by atoms with Gasteiger partial charge in [0.1, 0.15) is 0 Å². The van der Waals surface area contributed by atoms with Crippen LogP contribution in [0, 0.1) is 5.92 Å². The van der Waals surface area contributed by atoms with Crippen molar-refractivity contribution in [1.82, 2.24) is 10.2 Å². The molecule has 3 heteroatoms. The van der Waals surface area contributed by atoms with Gasteiger partial charge in [-0.05, 0) is 58.5 Å². The van der Waals surface area contributed by atoms with Crippen molar-refractivity contribution >= 4 is 0 Å². The summed E-state index contributed by atoms with van der Waals surface area (Å²) in [4.78, 5) is 2.71. The Morgan fingerprint density at radius 2 is 1.82 bits per heavy atom. The van der Waals surface area contributed by atoms with Gasteiger partial charge in [0.15, 0.2) is 0 Å². The van der Waals surface area contributed by atoms with Crippen LogP contribution >= 0.6 is 0 Å². The molecule has 100 valence electrons. The Bertz CT molecular complexity index is 224. The van der Waals surface area contributed by atoms with Gasteiger partial charge in [-0.1, -0.05) is 0 Å². The molecule has 2 aliphatic rings. The van der Waals surface area contributed by atoms with Crippen LogP contribution in [0.2, 0.25) is 0 Å². The highest BCUT2D eigenvalue weighted by atomic mass is 16.5. The summed E-state index contributed by atoms with van der Waals surface area (Å²) in [5, 5.41) is 3.45.